The molecule has 1 aromatic heterocycles. The Morgan fingerprint density at radius 1 is 1.24 bits per heavy atom. The van der Waals surface area contributed by atoms with Gasteiger partial charge >= 0.3 is 0 Å². The molecule has 7 heteroatoms. The monoisotopic (exact) mass is 340 g/mol. The predicted octanol–water partition coefficient (Wildman–Crippen LogP) is 1.91. The van der Waals surface area contributed by atoms with Gasteiger partial charge in [-0.2, -0.15) is 0 Å². The van der Waals surface area contributed by atoms with Crippen molar-refractivity contribution in [1.29, 1.82) is 0 Å². The summed E-state index contributed by atoms with van der Waals surface area (Å²) < 4.78 is 5.58. The lowest BCUT2D eigenvalue weighted by Crippen LogP contribution is -2.29. The van der Waals surface area contributed by atoms with Crippen LogP contribution in [0.25, 0.3) is 0 Å². The van der Waals surface area contributed by atoms with Gasteiger partial charge in [0, 0.05) is 11.6 Å². The van der Waals surface area contributed by atoms with Crippen molar-refractivity contribution in [3.05, 3.63) is 48.2 Å². The number of nitrogens with two attached hydrogens (primary N) is 1. The molecule has 0 aliphatic heterocycles. The molecular formula is C18H20N4O3. The first-order valence-corrected chi connectivity index (χ1v) is 8.14. The Morgan fingerprint density at radius 2 is 2.08 bits per heavy atom. The average Bonchev–Trinajstić information content (AvgIpc) is 3.41. The van der Waals surface area contributed by atoms with Gasteiger partial charge in [0.05, 0.1) is 18.4 Å². The molecule has 0 radical (unpaired) electrons. The lowest BCUT2D eigenvalue weighted by molar-refractivity contribution is -0.115. The Kier molecular flexibility index (Phi) is 5.25. The summed E-state index contributed by atoms with van der Waals surface area (Å²) in [6, 6.07) is 9.89. The van der Waals surface area contributed by atoms with E-state index in [0.717, 1.165) is 12.5 Å². The summed E-state index contributed by atoms with van der Waals surface area (Å²) in [7, 11) is 0. The zero-order valence-electron chi connectivity index (χ0n) is 13.7. The second-order valence-corrected chi connectivity index (χ2v) is 6.00. The van der Waals surface area contributed by atoms with Crippen LogP contribution in [0.15, 0.2) is 42.6 Å². The van der Waals surface area contributed by atoms with Crippen LogP contribution in [0.3, 0.4) is 0 Å². The van der Waals surface area contributed by atoms with E-state index in [1.165, 1.54) is 19.0 Å². The van der Waals surface area contributed by atoms with Crippen molar-refractivity contribution in [1.82, 2.24) is 10.3 Å². The van der Waals surface area contributed by atoms with E-state index in [2.05, 4.69) is 15.6 Å². The number of primary amides is 1. The summed E-state index contributed by atoms with van der Waals surface area (Å²) >= 11 is 0. The Hall–Kier alpha value is -2.93. The second-order valence-electron chi connectivity index (χ2n) is 6.00. The first-order chi connectivity index (χ1) is 12.1. The third-order valence-corrected chi connectivity index (χ3v) is 3.78. The van der Waals surface area contributed by atoms with E-state index in [4.69, 9.17) is 10.5 Å². The van der Waals surface area contributed by atoms with Gasteiger partial charge in [-0.05, 0) is 49.6 Å². The SMILES string of the molecule is NC(=O)c1cccc(Oc2ccc(NC(=O)CNCC3CC3)cn2)c1. The van der Waals surface area contributed by atoms with Gasteiger partial charge in [-0.15, -0.1) is 0 Å². The van der Waals surface area contributed by atoms with Crippen LogP contribution in [0.4, 0.5) is 5.69 Å². The number of carbonyl (C=O) groups is 2. The highest BCUT2D eigenvalue weighted by molar-refractivity contribution is 5.93. The van der Waals surface area contributed by atoms with E-state index < -0.39 is 5.91 Å². The Labute approximate surface area is 145 Å². The Morgan fingerprint density at radius 3 is 2.76 bits per heavy atom. The second kappa shape index (κ2) is 7.76. The van der Waals surface area contributed by atoms with E-state index >= 15 is 0 Å². The number of hydrogen-bond donors (Lipinski definition) is 3. The van der Waals surface area contributed by atoms with Gasteiger partial charge in [-0.1, -0.05) is 6.07 Å². The minimum Gasteiger partial charge on any atom is -0.439 e. The Balaban J connectivity index is 1.51. The van der Waals surface area contributed by atoms with Crippen molar-refractivity contribution >= 4 is 17.5 Å². The normalized spacial score (nSPS) is 13.3. The van der Waals surface area contributed by atoms with Crippen molar-refractivity contribution in [2.24, 2.45) is 11.7 Å². The van der Waals surface area contributed by atoms with Crippen LogP contribution in [0.1, 0.15) is 23.2 Å². The topological polar surface area (TPSA) is 106 Å². The van der Waals surface area contributed by atoms with E-state index in [1.54, 1.807) is 36.4 Å². The van der Waals surface area contributed by atoms with Crippen LogP contribution in [0.5, 0.6) is 11.6 Å². The molecule has 0 unspecified atom stereocenters. The lowest BCUT2D eigenvalue weighted by atomic mass is 10.2. The summed E-state index contributed by atoms with van der Waals surface area (Å²) in [6.45, 7) is 1.18. The smallest absolute Gasteiger partial charge is 0.248 e. The van der Waals surface area contributed by atoms with Crippen molar-refractivity contribution in [3.8, 4) is 11.6 Å². The number of amides is 2. The maximum atomic E-state index is 11.8. The highest BCUT2D eigenvalue weighted by Crippen LogP contribution is 2.27. The minimum absolute atomic E-state index is 0.106. The van der Waals surface area contributed by atoms with Gasteiger partial charge in [-0.25, -0.2) is 4.98 Å². The molecule has 7 nitrogen and oxygen atoms in total. The highest BCUT2D eigenvalue weighted by Gasteiger charge is 2.20. The minimum atomic E-state index is -0.522. The maximum absolute atomic E-state index is 11.8. The largest absolute Gasteiger partial charge is 0.439 e. The fraction of sp³-hybridized carbons (Fsp3) is 0.278. The third-order valence-electron chi connectivity index (χ3n) is 3.78. The maximum Gasteiger partial charge on any atom is 0.248 e. The number of benzene rings is 1. The highest BCUT2D eigenvalue weighted by atomic mass is 16.5. The number of nitrogens with zero attached hydrogens (tertiary/aromatic N) is 1. The molecular weight excluding hydrogens is 320 g/mol. The average molecular weight is 340 g/mol. The molecule has 25 heavy (non-hydrogen) atoms. The molecule has 0 atom stereocenters. The number of anilines is 1. The van der Waals surface area contributed by atoms with E-state index in [1.807, 2.05) is 0 Å². The summed E-state index contributed by atoms with van der Waals surface area (Å²) in [5.74, 6) is 0.923. The van der Waals surface area contributed by atoms with Crippen LogP contribution in [0, 0.1) is 5.92 Å². The number of nitrogens with one attached hydrogen (secondary N) is 2. The zero-order chi connectivity index (χ0) is 17.6. The fourth-order valence-corrected chi connectivity index (χ4v) is 2.27. The molecule has 0 spiro atoms. The molecule has 1 heterocycles. The molecule has 1 saturated carbocycles. The molecule has 3 rings (SSSR count). The third kappa shape index (κ3) is 5.29. The predicted molar refractivity (Wildman–Crippen MR) is 93.5 cm³/mol. The van der Waals surface area contributed by atoms with Crippen LogP contribution in [-0.4, -0.2) is 29.9 Å². The van der Waals surface area contributed by atoms with Crippen LogP contribution in [-0.2, 0) is 4.79 Å². The van der Waals surface area contributed by atoms with Crippen molar-refractivity contribution < 1.29 is 14.3 Å². The molecule has 1 fully saturated rings. The first kappa shape index (κ1) is 16.9. The van der Waals surface area contributed by atoms with Gasteiger partial charge in [0.2, 0.25) is 17.7 Å². The van der Waals surface area contributed by atoms with E-state index in [-0.39, 0.29) is 12.5 Å². The molecule has 4 N–H and O–H groups in total. The quantitative estimate of drug-likeness (QED) is 0.680. The first-order valence-electron chi connectivity index (χ1n) is 8.14. The van der Waals surface area contributed by atoms with E-state index in [0.29, 0.717) is 22.9 Å². The molecule has 1 aromatic carbocycles. The molecule has 0 bridgehead atoms. The fourth-order valence-electron chi connectivity index (χ4n) is 2.27. The number of ether oxygens (including phenoxy) is 1. The number of hydrogen-bond acceptors (Lipinski definition) is 5. The molecule has 1 aliphatic carbocycles. The zero-order valence-corrected chi connectivity index (χ0v) is 13.7. The van der Waals surface area contributed by atoms with Crippen LogP contribution < -0.4 is 21.1 Å². The molecule has 1 aliphatic rings. The van der Waals surface area contributed by atoms with Crippen molar-refractivity contribution in [2.75, 3.05) is 18.4 Å². The molecule has 2 amide bonds. The number of carbonyl (C=O) groups excluding carboxylic acids is 2. The number of rotatable bonds is 8. The summed E-state index contributed by atoms with van der Waals surface area (Å²) in [5, 5.41) is 5.90. The van der Waals surface area contributed by atoms with Crippen LogP contribution >= 0.6 is 0 Å². The van der Waals surface area contributed by atoms with Crippen LogP contribution in [0.2, 0.25) is 0 Å². The number of aromatic nitrogens is 1. The van der Waals surface area contributed by atoms with Crippen molar-refractivity contribution in [2.45, 2.75) is 12.8 Å². The molecule has 2 aromatic rings. The molecule has 130 valence electrons. The number of pyridine rings is 1. The summed E-state index contributed by atoms with van der Waals surface area (Å²) in [4.78, 5) is 27.1. The van der Waals surface area contributed by atoms with Gasteiger partial charge < -0.3 is 21.1 Å². The summed E-state index contributed by atoms with van der Waals surface area (Å²) in [5.41, 5.74) is 6.20. The van der Waals surface area contributed by atoms with E-state index in [9.17, 15) is 9.59 Å². The van der Waals surface area contributed by atoms with Gasteiger partial charge in [0.25, 0.3) is 0 Å². The molecule has 0 saturated heterocycles. The standard InChI is InChI=1S/C18H20N4O3/c19-18(24)13-2-1-3-15(8-13)25-17-7-6-14(10-21-17)22-16(23)11-20-9-12-4-5-12/h1-3,6-8,10,12,20H,4-5,9,11H2,(H2,19,24)(H,22,23). The van der Waals surface area contributed by atoms with Gasteiger partial charge in [0.1, 0.15) is 5.75 Å². The van der Waals surface area contributed by atoms with Crippen molar-refractivity contribution in [3.63, 3.8) is 0 Å². The van der Waals surface area contributed by atoms with Gasteiger partial charge in [-0.3, -0.25) is 9.59 Å². The summed E-state index contributed by atoms with van der Waals surface area (Å²) in [6.07, 6.45) is 4.02. The lowest BCUT2D eigenvalue weighted by Gasteiger charge is -2.08. The Bertz CT molecular complexity index is 757. The van der Waals surface area contributed by atoms with Gasteiger partial charge in [0.15, 0.2) is 0 Å².